The number of thiazole rings is 1. The molecule has 0 bridgehead atoms. The maximum atomic E-state index is 15.1. The highest BCUT2D eigenvalue weighted by molar-refractivity contribution is 8.01. The smallest absolute Gasteiger partial charge is 0.354 e. The van der Waals surface area contributed by atoms with Gasteiger partial charge in [-0.15, -0.1) is 11.3 Å². The molecular weight excluding hydrogens is 657 g/mol. The monoisotopic (exact) mass is 695 g/mol. The first-order valence-electron chi connectivity index (χ1n) is 15.4. The Hall–Kier alpha value is -3.75. The van der Waals surface area contributed by atoms with Crippen molar-refractivity contribution in [3.8, 4) is 16.9 Å². The fourth-order valence-corrected chi connectivity index (χ4v) is 7.25. The van der Waals surface area contributed by atoms with E-state index in [0.29, 0.717) is 34.5 Å². The number of nitrogens with one attached hydrogen (secondary N) is 2. The van der Waals surface area contributed by atoms with E-state index < -0.39 is 11.5 Å². The zero-order valence-electron chi connectivity index (χ0n) is 26.2. The maximum Gasteiger partial charge on any atom is 0.354 e. The second-order valence-electron chi connectivity index (χ2n) is 11.6. The number of benzene rings is 2. The van der Waals surface area contributed by atoms with E-state index in [1.807, 2.05) is 36.6 Å². The zero-order chi connectivity index (χ0) is 33.5. The zero-order valence-corrected chi connectivity index (χ0v) is 28.6. The third kappa shape index (κ3) is 9.20. The number of fused-ring (bicyclic) bond motifs is 1. The molecule has 0 aliphatic rings. The van der Waals surface area contributed by atoms with Gasteiger partial charge in [0, 0.05) is 46.6 Å². The first-order chi connectivity index (χ1) is 22.6. The summed E-state index contributed by atoms with van der Waals surface area (Å²) < 4.78 is 17.6. The van der Waals surface area contributed by atoms with Crippen molar-refractivity contribution in [3.05, 3.63) is 92.7 Å². The number of nitrogens with two attached hydrogens (primary N) is 3. The number of aromatic nitrogens is 4. The number of halogens is 2. The Morgan fingerprint density at radius 2 is 1.98 bits per heavy atom. The number of nitrogens with zero attached hydrogens (tertiary/aromatic N) is 4. The van der Waals surface area contributed by atoms with Gasteiger partial charge in [0.1, 0.15) is 9.99 Å². The van der Waals surface area contributed by atoms with Crippen molar-refractivity contribution in [1.29, 1.82) is 0 Å². The van der Waals surface area contributed by atoms with Gasteiger partial charge >= 0.3 is 5.69 Å². The minimum atomic E-state index is -0.524. The third-order valence-electron chi connectivity index (χ3n) is 7.75. The summed E-state index contributed by atoms with van der Waals surface area (Å²) in [6, 6.07) is 13.1. The molecule has 14 heteroatoms. The SMILES string of the molecule is C[C@H](N)CCCc1cc(Cl)c(F)c(-c2cc3cn(-c4ccc([C@H](C)NCC[C@@H](CSc5nccs5)N=C(N)N)cc4)c(=O)nc3[nH]2)c1. The number of aromatic amines is 1. The first kappa shape index (κ1) is 34.6. The quantitative estimate of drug-likeness (QED) is 0.0523. The standard InChI is InChI=1S/C33H39ClFN9OS2/c1-19(36)4-3-5-21-14-26(29(35)27(34)15-21)28-16-23-17-44(32(45)43-30(23)42-28)25-8-6-22(7-9-25)20(2)39-11-10-24(41-31(37)38)18-47-33-40-12-13-46-33/h6-9,12-17,19-20,24,39H,3-5,10-11,18,36H2,1-2H3,(H4,37,38,41)(H,42,43,45)/t19-,20-,24-/m0/s1. The van der Waals surface area contributed by atoms with Crippen LogP contribution in [-0.4, -0.2) is 49.9 Å². The van der Waals surface area contributed by atoms with Crippen LogP contribution in [0.5, 0.6) is 0 Å². The highest BCUT2D eigenvalue weighted by atomic mass is 35.5. The molecule has 8 N–H and O–H groups in total. The number of hydrogen-bond donors (Lipinski definition) is 5. The van der Waals surface area contributed by atoms with Crippen LogP contribution in [0.15, 0.2) is 74.4 Å². The molecule has 0 saturated heterocycles. The summed E-state index contributed by atoms with van der Waals surface area (Å²) in [6.45, 7) is 4.75. The molecule has 0 spiro atoms. The minimum Gasteiger partial charge on any atom is -0.370 e. The Kier molecular flexibility index (Phi) is 11.7. The number of rotatable bonds is 15. The van der Waals surface area contributed by atoms with E-state index in [-0.39, 0.29) is 29.1 Å². The summed E-state index contributed by atoms with van der Waals surface area (Å²) in [5, 5.41) is 6.19. The summed E-state index contributed by atoms with van der Waals surface area (Å²) in [7, 11) is 0. The van der Waals surface area contributed by atoms with Crippen LogP contribution in [0.2, 0.25) is 5.02 Å². The summed E-state index contributed by atoms with van der Waals surface area (Å²) in [6.07, 6.45) is 6.71. The van der Waals surface area contributed by atoms with Crippen molar-refractivity contribution >= 4 is 51.7 Å². The first-order valence-corrected chi connectivity index (χ1v) is 17.6. The predicted molar refractivity (Wildman–Crippen MR) is 192 cm³/mol. The Balaban J connectivity index is 1.26. The highest BCUT2D eigenvalue weighted by Crippen LogP contribution is 2.31. The van der Waals surface area contributed by atoms with Crippen molar-refractivity contribution in [2.75, 3.05) is 12.3 Å². The van der Waals surface area contributed by atoms with E-state index in [2.05, 4.69) is 32.2 Å². The summed E-state index contributed by atoms with van der Waals surface area (Å²) in [5.41, 5.74) is 20.6. The molecule has 3 heterocycles. The molecule has 10 nitrogen and oxygen atoms in total. The molecule has 5 rings (SSSR count). The topological polar surface area (TPSA) is 166 Å². The predicted octanol–water partition coefficient (Wildman–Crippen LogP) is 5.77. The lowest BCUT2D eigenvalue weighted by Crippen LogP contribution is -2.29. The molecule has 5 aromatic rings. The summed E-state index contributed by atoms with van der Waals surface area (Å²) >= 11 is 9.49. The molecule has 0 aliphatic heterocycles. The van der Waals surface area contributed by atoms with Crippen LogP contribution in [0.1, 0.15) is 50.3 Å². The lowest BCUT2D eigenvalue weighted by Gasteiger charge is -2.17. The van der Waals surface area contributed by atoms with Gasteiger partial charge in [0.05, 0.1) is 22.4 Å². The number of aryl methyl sites for hydroxylation is 1. The number of aliphatic imine (C=N–C) groups is 1. The van der Waals surface area contributed by atoms with E-state index in [0.717, 1.165) is 46.9 Å². The van der Waals surface area contributed by atoms with Crippen molar-refractivity contribution in [1.82, 2.24) is 24.8 Å². The van der Waals surface area contributed by atoms with E-state index in [4.69, 9.17) is 28.8 Å². The second kappa shape index (κ2) is 15.9. The maximum absolute atomic E-state index is 15.1. The normalized spacial score (nSPS) is 13.5. The fraction of sp³-hybridized carbons (Fsp3) is 0.333. The Morgan fingerprint density at radius 3 is 2.68 bits per heavy atom. The van der Waals surface area contributed by atoms with Crippen LogP contribution in [-0.2, 0) is 6.42 Å². The molecule has 0 fully saturated rings. The van der Waals surface area contributed by atoms with Gasteiger partial charge in [-0.3, -0.25) is 4.57 Å². The molecule has 0 saturated carbocycles. The van der Waals surface area contributed by atoms with Crippen molar-refractivity contribution < 1.29 is 4.39 Å². The van der Waals surface area contributed by atoms with Gasteiger partial charge in [-0.2, -0.15) is 4.98 Å². The summed E-state index contributed by atoms with van der Waals surface area (Å²) in [5.74, 6) is 0.283. The van der Waals surface area contributed by atoms with Gasteiger partial charge in [0.25, 0.3) is 0 Å². The van der Waals surface area contributed by atoms with Crippen LogP contribution in [0, 0.1) is 5.82 Å². The van der Waals surface area contributed by atoms with Gasteiger partial charge in [0.2, 0.25) is 0 Å². The molecule has 0 amide bonds. The van der Waals surface area contributed by atoms with Gasteiger partial charge < -0.3 is 27.5 Å². The molecule has 47 heavy (non-hydrogen) atoms. The molecule has 0 radical (unpaired) electrons. The lowest BCUT2D eigenvalue weighted by atomic mass is 10.0. The molecule has 0 unspecified atom stereocenters. The average Bonchev–Trinajstić information content (AvgIpc) is 3.70. The fourth-order valence-electron chi connectivity index (χ4n) is 5.29. The molecule has 248 valence electrons. The van der Waals surface area contributed by atoms with Crippen molar-refractivity contribution in [2.45, 2.75) is 62.0 Å². The number of hydrogen-bond acceptors (Lipinski definition) is 8. The summed E-state index contributed by atoms with van der Waals surface area (Å²) in [4.78, 5) is 29.1. The number of H-pyrrole nitrogens is 1. The van der Waals surface area contributed by atoms with Gasteiger partial charge in [-0.05, 0) is 87.5 Å². The molecular formula is C33H39ClFN9OS2. The van der Waals surface area contributed by atoms with Crippen LogP contribution < -0.4 is 28.2 Å². The molecule has 2 aromatic carbocycles. The molecule has 3 aromatic heterocycles. The number of thioether (sulfide) groups is 1. The Morgan fingerprint density at radius 1 is 1.19 bits per heavy atom. The largest absolute Gasteiger partial charge is 0.370 e. The average molecular weight is 696 g/mol. The van der Waals surface area contributed by atoms with Crippen LogP contribution in [0.3, 0.4) is 0 Å². The Bertz CT molecular complexity index is 1870. The van der Waals surface area contributed by atoms with E-state index in [9.17, 15) is 4.79 Å². The second-order valence-corrected chi connectivity index (χ2v) is 14.1. The molecule has 3 atom stereocenters. The van der Waals surface area contributed by atoms with E-state index in [1.54, 1.807) is 53.7 Å². The van der Waals surface area contributed by atoms with Crippen molar-refractivity contribution in [2.24, 2.45) is 22.2 Å². The van der Waals surface area contributed by atoms with Crippen LogP contribution in [0.25, 0.3) is 28.0 Å². The van der Waals surface area contributed by atoms with Crippen molar-refractivity contribution in [3.63, 3.8) is 0 Å². The van der Waals surface area contributed by atoms with Gasteiger partial charge in [-0.1, -0.05) is 35.5 Å². The third-order valence-corrected chi connectivity index (χ3v) is 10.1. The van der Waals surface area contributed by atoms with Crippen LogP contribution in [0.4, 0.5) is 4.39 Å². The van der Waals surface area contributed by atoms with Gasteiger partial charge in [-0.25, -0.2) is 19.2 Å². The minimum absolute atomic E-state index is 0.0399. The highest BCUT2D eigenvalue weighted by Gasteiger charge is 2.16. The van der Waals surface area contributed by atoms with Gasteiger partial charge in [0.15, 0.2) is 11.8 Å². The Labute approximate surface area is 286 Å². The number of guanidine groups is 1. The molecule has 0 aliphatic carbocycles. The van der Waals surface area contributed by atoms with E-state index >= 15 is 4.39 Å². The lowest BCUT2D eigenvalue weighted by molar-refractivity contribution is 0.532. The van der Waals surface area contributed by atoms with E-state index in [1.165, 1.54) is 4.57 Å². The van der Waals surface area contributed by atoms with Crippen LogP contribution >= 0.6 is 34.7 Å².